The van der Waals surface area contributed by atoms with E-state index >= 15 is 0 Å². The summed E-state index contributed by atoms with van der Waals surface area (Å²) >= 11 is 0. The van der Waals surface area contributed by atoms with E-state index < -0.39 is 12.0 Å². The van der Waals surface area contributed by atoms with Gasteiger partial charge in [0.15, 0.2) is 0 Å². The van der Waals surface area contributed by atoms with E-state index in [0.717, 1.165) is 0 Å². The predicted octanol–water partition coefficient (Wildman–Crippen LogP) is 0.499. The quantitative estimate of drug-likeness (QED) is 0.757. The van der Waals surface area contributed by atoms with E-state index in [9.17, 15) is 9.59 Å². The standard InChI is InChI=1S/C11H17N3O3/c1-8(2)10(11(16)17)13-9(15)4-7-14-6-3-5-12-14/h3,5-6,8,10H,4,7H2,1-2H3,(H,13,15)(H,16,17). The van der Waals surface area contributed by atoms with Gasteiger partial charge in [0, 0.05) is 25.4 Å². The van der Waals surface area contributed by atoms with E-state index in [0.29, 0.717) is 6.54 Å². The van der Waals surface area contributed by atoms with Crippen molar-refractivity contribution < 1.29 is 14.7 Å². The highest BCUT2D eigenvalue weighted by Gasteiger charge is 2.22. The van der Waals surface area contributed by atoms with Gasteiger partial charge >= 0.3 is 5.97 Å². The van der Waals surface area contributed by atoms with Gasteiger partial charge in [0.1, 0.15) is 6.04 Å². The molecule has 94 valence electrons. The highest BCUT2D eigenvalue weighted by molar-refractivity contribution is 5.83. The summed E-state index contributed by atoms with van der Waals surface area (Å²) in [6, 6.07) is 0.937. The number of carbonyl (C=O) groups excluding carboxylic acids is 1. The average Bonchev–Trinajstić information content (AvgIpc) is 2.74. The van der Waals surface area contributed by atoms with Crippen molar-refractivity contribution in [3.63, 3.8) is 0 Å². The third-order valence-corrected chi connectivity index (χ3v) is 2.38. The number of aryl methyl sites for hydroxylation is 1. The third-order valence-electron chi connectivity index (χ3n) is 2.38. The lowest BCUT2D eigenvalue weighted by Crippen LogP contribution is -2.44. The molecular weight excluding hydrogens is 222 g/mol. The topological polar surface area (TPSA) is 84.2 Å². The molecule has 0 radical (unpaired) electrons. The van der Waals surface area contributed by atoms with E-state index in [4.69, 9.17) is 5.11 Å². The second-order valence-electron chi connectivity index (χ2n) is 4.15. The molecule has 1 rings (SSSR count). The van der Waals surface area contributed by atoms with Crippen LogP contribution in [0.15, 0.2) is 18.5 Å². The van der Waals surface area contributed by atoms with Crippen LogP contribution in [0.25, 0.3) is 0 Å². The number of amides is 1. The molecule has 17 heavy (non-hydrogen) atoms. The number of carboxylic acid groups (broad SMARTS) is 1. The van der Waals surface area contributed by atoms with E-state index in [1.807, 2.05) is 0 Å². The molecule has 1 aromatic rings. The maximum atomic E-state index is 11.5. The Hall–Kier alpha value is -1.85. The minimum absolute atomic E-state index is 0.138. The van der Waals surface area contributed by atoms with E-state index in [-0.39, 0.29) is 18.2 Å². The van der Waals surface area contributed by atoms with Gasteiger partial charge in [-0.25, -0.2) is 4.79 Å². The zero-order valence-corrected chi connectivity index (χ0v) is 9.96. The van der Waals surface area contributed by atoms with Crippen LogP contribution in [-0.4, -0.2) is 32.8 Å². The van der Waals surface area contributed by atoms with Gasteiger partial charge in [-0.2, -0.15) is 5.10 Å². The Bertz CT molecular complexity index is 373. The fourth-order valence-corrected chi connectivity index (χ4v) is 1.41. The molecule has 0 fully saturated rings. The maximum Gasteiger partial charge on any atom is 0.326 e. The van der Waals surface area contributed by atoms with E-state index in [1.54, 1.807) is 37.0 Å². The van der Waals surface area contributed by atoms with Gasteiger partial charge in [0.2, 0.25) is 5.91 Å². The summed E-state index contributed by atoms with van der Waals surface area (Å²) in [5.74, 6) is -1.42. The van der Waals surface area contributed by atoms with E-state index in [1.165, 1.54) is 0 Å². The van der Waals surface area contributed by atoms with Crippen molar-refractivity contribution in [2.45, 2.75) is 32.9 Å². The Labute approximate surface area is 99.6 Å². The second kappa shape index (κ2) is 6.03. The summed E-state index contributed by atoms with van der Waals surface area (Å²) in [7, 11) is 0. The second-order valence-corrected chi connectivity index (χ2v) is 4.15. The van der Waals surface area contributed by atoms with Crippen molar-refractivity contribution in [2.24, 2.45) is 5.92 Å². The van der Waals surface area contributed by atoms with Gasteiger partial charge in [-0.3, -0.25) is 9.48 Å². The zero-order chi connectivity index (χ0) is 12.8. The van der Waals surface area contributed by atoms with Gasteiger partial charge in [-0.1, -0.05) is 13.8 Å². The van der Waals surface area contributed by atoms with Crippen molar-refractivity contribution >= 4 is 11.9 Å². The van der Waals surface area contributed by atoms with Crippen LogP contribution in [0.3, 0.4) is 0 Å². The summed E-state index contributed by atoms with van der Waals surface area (Å²) < 4.78 is 1.63. The normalized spacial score (nSPS) is 12.4. The molecule has 0 saturated carbocycles. The van der Waals surface area contributed by atoms with Gasteiger partial charge in [-0.15, -0.1) is 0 Å². The van der Waals surface area contributed by atoms with E-state index in [2.05, 4.69) is 10.4 Å². The number of nitrogens with zero attached hydrogens (tertiary/aromatic N) is 2. The number of aliphatic carboxylic acids is 1. The lowest BCUT2D eigenvalue weighted by Gasteiger charge is -2.17. The Morgan fingerprint density at radius 3 is 2.65 bits per heavy atom. The first-order chi connectivity index (χ1) is 8.00. The molecule has 6 heteroatoms. The summed E-state index contributed by atoms with van der Waals surface area (Å²) in [4.78, 5) is 22.4. The fourth-order valence-electron chi connectivity index (χ4n) is 1.41. The lowest BCUT2D eigenvalue weighted by molar-refractivity contribution is -0.143. The molecule has 0 aliphatic rings. The Balaban J connectivity index is 2.40. The lowest BCUT2D eigenvalue weighted by atomic mass is 10.0. The minimum Gasteiger partial charge on any atom is -0.480 e. The van der Waals surface area contributed by atoms with Crippen LogP contribution < -0.4 is 5.32 Å². The Kier molecular flexibility index (Phi) is 4.68. The molecule has 1 atom stereocenters. The van der Waals surface area contributed by atoms with Crippen molar-refractivity contribution in [2.75, 3.05) is 0 Å². The smallest absolute Gasteiger partial charge is 0.326 e. The largest absolute Gasteiger partial charge is 0.480 e. The number of hydrogen-bond acceptors (Lipinski definition) is 3. The molecule has 2 N–H and O–H groups in total. The maximum absolute atomic E-state index is 11.5. The molecule has 6 nitrogen and oxygen atoms in total. The molecule has 0 aromatic carbocycles. The fraction of sp³-hybridized carbons (Fsp3) is 0.545. The van der Waals surface area contributed by atoms with Gasteiger partial charge < -0.3 is 10.4 Å². The SMILES string of the molecule is CC(C)C(NC(=O)CCn1cccn1)C(=O)O. The summed E-state index contributed by atoms with van der Waals surface area (Å²) in [6.45, 7) is 3.96. The third kappa shape index (κ3) is 4.26. The number of hydrogen-bond donors (Lipinski definition) is 2. The van der Waals surface area contributed by atoms with Crippen LogP contribution in [-0.2, 0) is 16.1 Å². The molecule has 0 saturated heterocycles. The molecule has 1 amide bonds. The molecule has 0 aliphatic carbocycles. The van der Waals surface area contributed by atoms with Gasteiger partial charge in [-0.05, 0) is 12.0 Å². The first kappa shape index (κ1) is 13.2. The van der Waals surface area contributed by atoms with Crippen molar-refractivity contribution in [3.05, 3.63) is 18.5 Å². The molecule has 1 heterocycles. The Morgan fingerprint density at radius 2 is 2.18 bits per heavy atom. The number of carbonyl (C=O) groups is 2. The van der Waals surface area contributed by atoms with Crippen LogP contribution in [0.4, 0.5) is 0 Å². The molecule has 1 aromatic heterocycles. The highest BCUT2D eigenvalue weighted by atomic mass is 16.4. The number of aromatic nitrogens is 2. The molecule has 0 aliphatic heterocycles. The zero-order valence-electron chi connectivity index (χ0n) is 9.96. The van der Waals surface area contributed by atoms with Gasteiger partial charge in [0.05, 0.1) is 0 Å². The van der Waals surface area contributed by atoms with Crippen LogP contribution in [0.5, 0.6) is 0 Å². The summed E-state index contributed by atoms with van der Waals surface area (Å²) in [5, 5.41) is 15.4. The van der Waals surface area contributed by atoms with Crippen molar-refractivity contribution in [1.29, 1.82) is 0 Å². The first-order valence-electron chi connectivity index (χ1n) is 5.50. The van der Waals surface area contributed by atoms with Crippen LogP contribution in [0, 0.1) is 5.92 Å². The number of carboxylic acids is 1. The Morgan fingerprint density at radius 1 is 1.47 bits per heavy atom. The average molecular weight is 239 g/mol. The molecule has 0 spiro atoms. The van der Waals surface area contributed by atoms with Crippen LogP contribution in [0.1, 0.15) is 20.3 Å². The van der Waals surface area contributed by atoms with Crippen LogP contribution in [0.2, 0.25) is 0 Å². The van der Waals surface area contributed by atoms with Crippen molar-refractivity contribution in [1.82, 2.24) is 15.1 Å². The monoisotopic (exact) mass is 239 g/mol. The molecule has 0 bridgehead atoms. The first-order valence-corrected chi connectivity index (χ1v) is 5.50. The highest BCUT2D eigenvalue weighted by Crippen LogP contribution is 2.02. The summed E-state index contributed by atoms with van der Waals surface area (Å²) in [6.07, 6.45) is 3.61. The number of rotatable bonds is 6. The molecular formula is C11H17N3O3. The van der Waals surface area contributed by atoms with Crippen molar-refractivity contribution in [3.8, 4) is 0 Å². The predicted molar refractivity (Wildman–Crippen MR) is 61.2 cm³/mol. The molecule has 1 unspecified atom stereocenters. The summed E-state index contributed by atoms with van der Waals surface area (Å²) in [5.41, 5.74) is 0. The number of nitrogens with one attached hydrogen (secondary N) is 1. The minimum atomic E-state index is -1.01. The van der Waals surface area contributed by atoms with Crippen LogP contribution >= 0.6 is 0 Å². The van der Waals surface area contributed by atoms with Gasteiger partial charge in [0.25, 0.3) is 0 Å².